The van der Waals surface area contributed by atoms with Gasteiger partial charge in [-0.15, -0.1) is 0 Å². The highest BCUT2D eigenvalue weighted by Crippen LogP contribution is 2.36. The number of methoxy groups -OCH3 is 1. The van der Waals surface area contributed by atoms with Gasteiger partial charge in [-0.3, -0.25) is 19.7 Å². The molecule has 1 unspecified atom stereocenters. The lowest BCUT2D eigenvalue weighted by Crippen LogP contribution is -2.47. The smallest absolute Gasteiger partial charge is 0.306 e. The summed E-state index contributed by atoms with van der Waals surface area (Å²) in [7, 11) is 1.34. The van der Waals surface area contributed by atoms with Gasteiger partial charge in [0.1, 0.15) is 5.69 Å². The van der Waals surface area contributed by atoms with Crippen LogP contribution in [0.25, 0.3) is 0 Å². The predicted octanol–water partition coefficient (Wildman–Crippen LogP) is 3.73. The Balaban J connectivity index is 2.34. The van der Waals surface area contributed by atoms with Crippen LogP contribution in [0.2, 0.25) is 0 Å². The van der Waals surface area contributed by atoms with Gasteiger partial charge in [0.15, 0.2) is 0 Å². The second kappa shape index (κ2) is 10.4. The van der Waals surface area contributed by atoms with E-state index in [1.165, 1.54) is 7.11 Å². The lowest BCUT2D eigenvalue weighted by atomic mass is 9.95. The lowest BCUT2D eigenvalue weighted by Gasteiger charge is -2.40. The first-order chi connectivity index (χ1) is 14.1. The molecule has 166 valence electrons. The molecule has 0 radical (unpaired) electrons. The molecule has 8 heteroatoms. The number of carbonyl (C=O) groups is 2. The molecule has 1 fully saturated rings. The summed E-state index contributed by atoms with van der Waals surface area (Å²) in [4.78, 5) is 38.8. The van der Waals surface area contributed by atoms with Gasteiger partial charge in [-0.05, 0) is 36.3 Å². The summed E-state index contributed by atoms with van der Waals surface area (Å²) in [5.74, 6) is -0.123. The average molecular weight is 420 g/mol. The normalized spacial score (nSPS) is 15.7. The maximum Gasteiger partial charge on any atom is 0.306 e. The van der Waals surface area contributed by atoms with E-state index in [0.717, 1.165) is 18.4 Å². The van der Waals surface area contributed by atoms with Crippen molar-refractivity contribution in [2.45, 2.75) is 58.9 Å². The zero-order chi connectivity index (χ0) is 22.4. The quantitative estimate of drug-likeness (QED) is 0.362. The van der Waals surface area contributed by atoms with Gasteiger partial charge < -0.3 is 14.5 Å². The zero-order valence-corrected chi connectivity index (χ0v) is 18.6. The zero-order valence-electron chi connectivity index (χ0n) is 18.6. The molecule has 0 bridgehead atoms. The minimum Gasteiger partial charge on any atom is -0.469 e. The number of piperidine rings is 1. The molecule has 1 heterocycles. The summed E-state index contributed by atoms with van der Waals surface area (Å²) < 4.78 is 4.72. The number of anilines is 1. The molecule has 1 atom stereocenters. The molecule has 1 aliphatic heterocycles. The first-order valence-electron chi connectivity index (χ1n) is 10.5. The number of benzene rings is 1. The van der Waals surface area contributed by atoms with E-state index in [1.807, 2.05) is 17.9 Å². The van der Waals surface area contributed by atoms with Crippen molar-refractivity contribution in [3.05, 3.63) is 33.9 Å². The number of nitro groups is 1. The fourth-order valence-corrected chi connectivity index (χ4v) is 4.02. The van der Waals surface area contributed by atoms with Crippen molar-refractivity contribution in [2.24, 2.45) is 5.92 Å². The highest BCUT2D eigenvalue weighted by Gasteiger charge is 2.30. The summed E-state index contributed by atoms with van der Waals surface area (Å²) in [6.45, 7) is 9.65. The van der Waals surface area contributed by atoms with Crippen LogP contribution in [0.4, 0.5) is 11.4 Å². The molecule has 1 aromatic rings. The number of hydrogen-bond donors (Lipinski definition) is 0. The van der Waals surface area contributed by atoms with Gasteiger partial charge in [-0.1, -0.05) is 26.8 Å². The van der Waals surface area contributed by atoms with Crippen LogP contribution >= 0.6 is 0 Å². The fraction of sp³-hybridized carbons (Fsp3) is 0.636. The van der Waals surface area contributed by atoms with Gasteiger partial charge in [-0.25, -0.2) is 0 Å². The molecule has 1 saturated heterocycles. The summed E-state index contributed by atoms with van der Waals surface area (Å²) >= 11 is 0. The molecule has 8 nitrogen and oxygen atoms in total. The van der Waals surface area contributed by atoms with Gasteiger partial charge in [-0.2, -0.15) is 0 Å². The minimum atomic E-state index is -0.346. The topological polar surface area (TPSA) is 93.0 Å². The minimum absolute atomic E-state index is 0.0545. The molecule has 0 N–H and O–H groups in total. The fourth-order valence-electron chi connectivity index (χ4n) is 4.02. The number of nitro benzene ring substituents is 1. The van der Waals surface area contributed by atoms with Crippen molar-refractivity contribution in [2.75, 3.05) is 31.6 Å². The van der Waals surface area contributed by atoms with Crippen LogP contribution in [-0.2, 0) is 14.3 Å². The molecule has 2 rings (SSSR count). The number of nitrogens with zero attached hydrogens (tertiary/aromatic N) is 3. The van der Waals surface area contributed by atoms with E-state index in [1.54, 1.807) is 19.1 Å². The molecule has 1 amide bonds. The molecule has 0 saturated carbocycles. The van der Waals surface area contributed by atoms with Gasteiger partial charge >= 0.3 is 5.97 Å². The van der Waals surface area contributed by atoms with Crippen molar-refractivity contribution < 1.29 is 19.2 Å². The third-order valence-corrected chi connectivity index (χ3v) is 5.69. The van der Waals surface area contributed by atoms with E-state index >= 15 is 0 Å². The highest BCUT2D eigenvalue weighted by atomic mass is 16.6. The van der Waals surface area contributed by atoms with Crippen molar-refractivity contribution in [3.63, 3.8) is 0 Å². The lowest BCUT2D eigenvalue weighted by molar-refractivity contribution is -0.384. The Hall–Kier alpha value is -2.64. The Morgan fingerprint density at radius 2 is 1.90 bits per heavy atom. The van der Waals surface area contributed by atoms with Gasteiger partial charge in [0.05, 0.1) is 18.5 Å². The molecule has 0 aromatic heterocycles. The first-order valence-corrected chi connectivity index (χ1v) is 10.5. The summed E-state index contributed by atoms with van der Waals surface area (Å²) in [5, 5.41) is 11.9. The van der Waals surface area contributed by atoms with E-state index in [9.17, 15) is 19.7 Å². The van der Waals surface area contributed by atoms with Crippen LogP contribution in [0.1, 0.15) is 58.4 Å². The third kappa shape index (κ3) is 5.93. The molecular formula is C22H33N3O5. The molecule has 0 aliphatic carbocycles. The largest absolute Gasteiger partial charge is 0.469 e. The first kappa shape index (κ1) is 23.6. The van der Waals surface area contributed by atoms with E-state index in [2.05, 4.69) is 18.7 Å². The Labute approximate surface area is 178 Å². The van der Waals surface area contributed by atoms with E-state index in [-0.39, 0.29) is 40.9 Å². The number of amides is 1. The Kier molecular flexibility index (Phi) is 8.20. The number of hydrogen-bond acceptors (Lipinski definition) is 6. The van der Waals surface area contributed by atoms with Crippen molar-refractivity contribution in [1.29, 1.82) is 0 Å². The van der Waals surface area contributed by atoms with Crippen LogP contribution in [0.5, 0.6) is 0 Å². The van der Waals surface area contributed by atoms with E-state index in [0.29, 0.717) is 31.2 Å². The van der Waals surface area contributed by atoms with Crippen LogP contribution in [-0.4, -0.2) is 54.5 Å². The number of carbonyl (C=O) groups excluding carboxylic acids is 2. The number of likely N-dealkylation sites (tertiary alicyclic amines) is 1. The second-order valence-corrected chi connectivity index (χ2v) is 8.47. The predicted molar refractivity (Wildman–Crippen MR) is 116 cm³/mol. The molecule has 1 aliphatic rings. The number of rotatable bonds is 8. The van der Waals surface area contributed by atoms with E-state index in [4.69, 9.17) is 4.74 Å². The van der Waals surface area contributed by atoms with Crippen molar-refractivity contribution in [1.82, 2.24) is 4.90 Å². The Morgan fingerprint density at radius 1 is 1.27 bits per heavy atom. The maximum absolute atomic E-state index is 11.9. The molecule has 1 aromatic carbocycles. The second-order valence-electron chi connectivity index (χ2n) is 8.47. The van der Waals surface area contributed by atoms with Gasteiger partial charge in [0.2, 0.25) is 5.91 Å². The third-order valence-electron chi connectivity index (χ3n) is 5.69. The molecule has 30 heavy (non-hydrogen) atoms. The van der Waals surface area contributed by atoms with Crippen molar-refractivity contribution >= 4 is 23.3 Å². The highest BCUT2D eigenvalue weighted by molar-refractivity contribution is 5.73. The summed E-state index contributed by atoms with van der Waals surface area (Å²) in [6.07, 6.45) is 1.74. The van der Waals surface area contributed by atoms with Crippen molar-refractivity contribution in [3.8, 4) is 0 Å². The van der Waals surface area contributed by atoms with E-state index < -0.39 is 0 Å². The van der Waals surface area contributed by atoms with Crippen LogP contribution < -0.4 is 4.90 Å². The van der Waals surface area contributed by atoms with Crippen LogP contribution in [0, 0.1) is 16.0 Å². The average Bonchev–Trinajstić information content (AvgIpc) is 2.71. The summed E-state index contributed by atoms with van der Waals surface area (Å²) in [5.41, 5.74) is 1.40. The molecule has 0 spiro atoms. The summed E-state index contributed by atoms with van der Waals surface area (Å²) in [6, 6.07) is 5.40. The monoisotopic (exact) mass is 419 g/mol. The standard InChI is InChI=1S/C22H33N3O5/c1-15(2)14-24(19-8-10-23(11-9-19)17(4)26)20-7-6-18(13-21(20)25(28)29)16(3)12-22(27)30-5/h6-7,13,15-16,19H,8-12,14H2,1-5H3. The Bertz CT molecular complexity index is 772. The molecular weight excluding hydrogens is 386 g/mol. The van der Waals surface area contributed by atoms with Crippen LogP contribution in [0.15, 0.2) is 18.2 Å². The van der Waals surface area contributed by atoms with Gasteiger partial charge in [0.25, 0.3) is 5.69 Å². The van der Waals surface area contributed by atoms with Gasteiger partial charge in [0, 0.05) is 38.7 Å². The number of ether oxygens (including phenoxy) is 1. The Morgan fingerprint density at radius 3 is 2.40 bits per heavy atom. The number of esters is 1. The maximum atomic E-state index is 11.9. The SMILES string of the molecule is COC(=O)CC(C)c1ccc(N(CC(C)C)C2CCN(C(C)=O)CC2)c([N+](=O)[O-])c1. The van der Waals surface area contributed by atoms with Crippen LogP contribution in [0.3, 0.4) is 0 Å².